The number of aryl methyl sites for hydroxylation is 1. The molecule has 0 aromatic carbocycles. The number of nitrogens with zero attached hydrogens (tertiary/aromatic N) is 1. The van der Waals surface area contributed by atoms with Crippen LogP contribution in [0.5, 0.6) is 0 Å². The second kappa shape index (κ2) is 4.18. The van der Waals surface area contributed by atoms with Crippen LogP contribution in [0.15, 0.2) is 16.7 Å². The number of furan rings is 1. The number of amides is 1. The second-order valence-electron chi connectivity index (χ2n) is 4.88. The molecule has 0 unspecified atom stereocenters. The predicted molar refractivity (Wildman–Crippen MR) is 63.9 cm³/mol. The maximum absolute atomic E-state index is 12.5. The molecular formula is C13H18N2O2. The summed E-state index contributed by atoms with van der Waals surface area (Å²) in [7, 11) is 0. The highest BCUT2D eigenvalue weighted by Gasteiger charge is 2.40. The Hall–Kier alpha value is -1.29. The van der Waals surface area contributed by atoms with Gasteiger partial charge in [-0.05, 0) is 18.4 Å². The first-order valence-corrected chi connectivity index (χ1v) is 6.39. The van der Waals surface area contributed by atoms with Gasteiger partial charge >= 0.3 is 0 Å². The lowest BCUT2D eigenvalue weighted by Gasteiger charge is -2.23. The van der Waals surface area contributed by atoms with Crippen molar-refractivity contribution < 1.29 is 9.21 Å². The Morgan fingerprint density at radius 1 is 1.59 bits per heavy atom. The fourth-order valence-corrected chi connectivity index (χ4v) is 3.06. The topological polar surface area (TPSA) is 45.5 Å². The minimum atomic E-state index is 0.145. The van der Waals surface area contributed by atoms with Crippen LogP contribution in [0.3, 0.4) is 0 Å². The van der Waals surface area contributed by atoms with Crippen molar-refractivity contribution in [1.29, 1.82) is 0 Å². The van der Waals surface area contributed by atoms with Crippen LogP contribution in [-0.2, 0) is 6.42 Å². The van der Waals surface area contributed by atoms with Crippen LogP contribution in [0.1, 0.15) is 29.5 Å². The minimum absolute atomic E-state index is 0.145. The fraction of sp³-hybridized carbons (Fsp3) is 0.615. The first-order chi connectivity index (χ1) is 8.31. The monoisotopic (exact) mass is 234 g/mol. The number of hydrogen-bond donors (Lipinski definition) is 1. The molecule has 1 aromatic heterocycles. The molecule has 0 aliphatic carbocycles. The molecule has 4 heteroatoms. The van der Waals surface area contributed by atoms with Gasteiger partial charge in [0.15, 0.2) is 0 Å². The standard InChI is InChI=1S/C13H18N2O2/c1-2-12-10(4-6-17-12)13(16)15-5-3-9-7-14-8-11(9)15/h4,6,9,11,14H,2-3,5,7-8H2,1H3/t9-,11+/m0/s1. The zero-order valence-electron chi connectivity index (χ0n) is 10.1. The van der Waals surface area contributed by atoms with Crippen molar-refractivity contribution in [2.75, 3.05) is 19.6 Å². The molecule has 1 amide bonds. The number of hydrogen-bond acceptors (Lipinski definition) is 3. The van der Waals surface area contributed by atoms with Crippen molar-refractivity contribution in [3.05, 3.63) is 23.7 Å². The zero-order chi connectivity index (χ0) is 11.8. The van der Waals surface area contributed by atoms with Crippen LogP contribution in [0.4, 0.5) is 0 Å². The van der Waals surface area contributed by atoms with Crippen molar-refractivity contribution >= 4 is 5.91 Å². The summed E-state index contributed by atoms with van der Waals surface area (Å²) < 4.78 is 5.34. The van der Waals surface area contributed by atoms with E-state index in [9.17, 15) is 4.79 Å². The van der Waals surface area contributed by atoms with Gasteiger partial charge in [-0.2, -0.15) is 0 Å². The molecule has 1 N–H and O–H groups in total. The number of rotatable bonds is 2. The van der Waals surface area contributed by atoms with Crippen LogP contribution >= 0.6 is 0 Å². The maximum atomic E-state index is 12.5. The summed E-state index contributed by atoms with van der Waals surface area (Å²) in [6.07, 6.45) is 3.52. The van der Waals surface area contributed by atoms with E-state index >= 15 is 0 Å². The lowest BCUT2D eigenvalue weighted by molar-refractivity contribution is 0.0735. The van der Waals surface area contributed by atoms with E-state index in [1.54, 1.807) is 12.3 Å². The lowest BCUT2D eigenvalue weighted by atomic mass is 10.0. The first kappa shape index (κ1) is 10.8. The van der Waals surface area contributed by atoms with Gasteiger partial charge in [0.1, 0.15) is 5.76 Å². The highest BCUT2D eigenvalue weighted by Crippen LogP contribution is 2.29. The van der Waals surface area contributed by atoms with Crippen molar-refractivity contribution in [2.45, 2.75) is 25.8 Å². The Morgan fingerprint density at radius 3 is 3.29 bits per heavy atom. The molecule has 2 fully saturated rings. The fourth-order valence-electron chi connectivity index (χ4n) is 3.06. The number of likely N-dealkylation sites (tertiary alicyclic amines) is 1. The van der Waals surface area contributed by atoms with E-state index in [1.165, 1.54) is 0 Å². The molecule has 92 valence electrons. The summed E-state index contributed by atoms with van der Waals surface area (Å²) >= 11 is 0. The summed E-state index contributed by atoms with van der Waals surface area (Å²) in [4.78, 5) is 14.5. The molecule has 0 spiro atoms. The molecular weight excluding hydrogens is 216 g/mol. The van der Waals surface area contributed by atoms with Crippen molar-refractivity contribution in [3.8, 4) is 0 Å². The van der Waals surface area contributed by atoms with Crippen LogP contribution < -0.4 is 5.32 Å². The Morgan fingerprint density at radius 2 is 2.47 bits per heavy atom. The molecule has 0 radical (unpaired) electrons. The smallest absolute Gasteiger partial charge is 0.257 e. The third-order valence-corrected chi connectivity index (χ3v) is 4.00. The van der Waals surface area contributed by atoms with Gasteiger partial charge in [-0.1, -0.05) is 6.92 Å². The van der Waals surface area contributed by atoms with E-state index in [0.717, 1.165) is 43.8 Å². The quantitative estimate of drug-likeness (QED) is 0.838. The molecule has 2 saturated heterocycles. The minimum Gasteiger partial charge on any atom is -0.469 e. The average Bonchev–Trinajstić information content (AvgIpc) is 3.03. The average molecular weight is 234 g/mol. The van der Waals surface area contributed by atoms with Crippen LogP contribution in [-0.4, -0.2) is 36.5 Å². The molecule has 2 aliphatic rings. The van der Waals surface area contributed by atoms with E-state index in [1.807, 2.05) is 11.8 Å². The van der Waals surface area contributed by atoms with Gasteiger partial charge < -0.3 is 14.6 Å². The first-order valence-electron chi connectivity index (χ1n) is 6.39. The number of carbonyl (C=O) groups excluding carboxylic acids is 1. The van der Waals surface area contributed by atoms with Gasteiger partial charge in [0.2, 0.25) is 0 Å². The Kier molecular flexibility index (Phi) is 2.67. The molecule has 1 aromatic rings. The number of fused-ring (bicyclic) bond motifs is 1. The van der Waals surface area contributed by atoms with Crippen molar-refractivity contribution in [3.63, 3.8) is 0 Å². The summed E-state index contributed by atoms with van der Waals surface area (Å²) in [5, 5.41) is 3.37. The van der Waals surface area contributed by atoms with Crippen LogP contribution in [0.2, 0.25) is 0 Å². The zero-order valence-corrected chi connectivity index (χ0v) is 10.1. The van der Waals surface area contributed by atoms with E-state index in [0.29, 0.717) is 12.0 Å². The maximum Gasteiger partial charge on any atom is 0.257 e. The van der Waals surface area contributed by atoms with Gasteiger partial charge in [0.25, 0.3) is 5.91 Å². The van der Waals surface area contributed by atoms with E-state index in [4.69, 9.17) is 4.42 Å². The van der Waals surface area contributed by atoms with Crippen molar-refractivity contribution in [1.82, 2.24) is 10.2 Å². The third kappa shape index (κ3) is 1.67. The van der Waals surface area contributed by atoms with Gasteiger partial charge in [-0.3, -0.25) is 4.79 Å². The summed E-state index contributed by atoms with van der Waals surface area (Å²) in [5.74, 6) is 1.60. The van der Waals surface area contributed by atoms with Gasteiger partial charge in [-0.15, -0.1) is 0 Å². The molecule has 2 aliphatic heterocycles. The molecule has 0 bridgehead atoms. The van der Waals surface area contributed by atoms with Gasteiger partial charge in [0.05, 0.1) is 11.8 Å². The molecule has 4 nitrogen and oxygen atoms in total. The molecule has 2 atom stereocenters. The Balaban J connectivity index is 1.83. The summed E-state index contributed by atoms with van der Waals surface area (Å²) in [6.45, 7) is 4.90. The largest absolute Gasteiger partial charge is 0.469 e. The normalized spacial score (nSPS) is 27.5. The third-order valence-electron chi connectivity index (χ3n) is 4.00. The number of nitrogens with one attached hydrogen (secondary N) is 1. The summed E-state index contributed by atoms with van der Waals surface area (Å²) in [5.41, 5.74) is 0.750. The molecule has 3 rings (SSSR count). The Bertz CT molecular complexity index is 427. The molecule has 0 saturated carbocycles. The van der Waals surface area contributed by atoms with E-state index in [-0.39, 0.29) is 5.91 Å². The van der Waals surface area contributed by atoms with Gasteiger partial charge in [0, 0.05) is 32.1 Å². The van der Waals surface area contributed by atoms with Gasteiger partial charge in [-0.25, -0.2) is 0 Å². The SMILES string of the molecule is CCc1occc1C(=O)N1CC[C@H]2CNC[C@H]21. The van der Waals surface area contributed by atoms with Crippen molar-refractivity contribution in [2.24, 2.45) is 5.92 Å². The van der Waals surface area contributed by atoms with E-state index in [2.05, 4.69) is 5.32 Å². The molecule has 3 heterocycles. The highest BCUT2D eigenvalue weighted by molar-refractivity contribution is 5.95. The predicted octanol–water partition coefficient (Wildman–Crippen LogP) is 1.28. The van der Waals surface area contributed by atoms with Crippen LogP contribution in [0.25, 0.3) is 0 Å². The second-order valence-corrected chi connectivity index (χ2v) is 4.88. The van der Waals surface area contributed by atoms with Crippen LogP contribution in [0, 0.1) is 5.92 Å². The van der Waals surface area contributed by atoms with E-state index < -0.39 is 0 Å². The lowest BCUT2D eigenvalue weighted by Crippen LogP contribution is -2.39. The highest BCUT2D eigenvalue weighted by atomic mass is 16.3. The Labute approximate surface area is 101 Å². The number of carbonyl (C=O) groups is 1. The summed E-state index contributed by atoms with van der Waals surface area (Å²) in [6, 6.07) is 2.19. The molecule has 17 heavy (non-hydrogen) atoms.